The first-order valence-corrected chi connectivity index (χ1v) is 6.27. The maximum absolute atomic E-state index is 12.3. The van der Waals surface area contributed by atoms with Crippen molar-refractivity contribution in [3.8, 4) is 0 Å². The fraction of sp³-hybridized carbons (Fsp3) is 0.250. The van der Waals surface area contributed by atoms with E-state index in [2.05, 4.69) is 10.1 Å². The number of anilines is 1. The van der Waals surface area contributed by atoms with E-state index < -0.39 is 12.7 Å². The molecule has 0 spiro atoms. The van der Waals surface area contributed by atoms with E-state index in [1.54, 1.807) is 0 Å². The lowest BCUT2D eigenvalue weighted by Crippen LogP contribution is -2.22. The van der Waals surface area contributed by atoms with Crippen LogP contribution in [-0.2, 0) is 13.1 Å². The smallest absolute Gasteiger partial charge is 0.301 e. The van der Waals surface area contributed by atoms with Crippen LogP contribution in [0.5, 0.6) is 0 Å². The van der Waals surface area contributed by atoms with Crippen LogP contribution in [0.15, 0.2) is 24.7 Å². The number of amides is 1. The van der Waals surface area contributed by atoms with Crippen LogP contribution in [0.1, 0.15) is 15.9 Å². The van der Waals surface area contributed by atoms with Crippen LogP contribution in [0.25, 0.3) is 0 Å². The summed E-state index contributed by atoms with van der Waals surface area (Å²) in [6, 6.07) is 1.53. The molecule has 5 nitrogen and oxygen atoms in total. The van der Waals surface area contributed by atoms with Crippen LogP contribution < -0.4 is 4.90 Å². The van der Waals surface area contributed by atoms with Gasteiger partial charge in [-0.25, -0.2) is 4.98 Å². The van der Waals surface area contributed by atoms with Crippen LogP contribution >= 0.6 is 11.6 Å². The largest absolute Gasteiger partial charge is 0.408 e. The quantitative estimate of drug-likeness (QED) is 0.800. The normalized spacial score (nSPS) is 14.7. The van der Waals surface area contributed by atoms with Gasteiger partial charge in [-0.05, 0) is 6.07 Å². The second-order valence-corrected chi connectivity index (χ2v) is 4.89. The molecule has 0 unspecified atom stereocenters. The molecule has 110 valence electrons. The Morgan fingerprint density at radius 2 is 2.14 bits per heavy atom. The van der Waals surface area contributed by atoms with Gasteiger partial charge in [0.2, 0.25) is 0 Å². The summed E-state index contributed by atoms with van der Waals surface area (Å²) in [5.41, 5.74) is 1.25. The van der Waals surface area contributed by atoms with Gasteiger partial charge in [-0.1, -0.05) is 11.6 Å². The molecule has 0 saturated heterocycles. The molecule has 3 heterocycles. The number of hydrogen-bond acceptors (Lipinski definition) is 3. The van der Waals surface area contributed by atoms with Crippen molar-refractivity contribution in [3.63, 3.8) is 0 Å². The zero-order chi connectivity index (χ0) is 15.2. The van der Waals surface area contributed by atoms with Gasteiger partial charge in [0.25, 0.3) is 5.91 Å². The lowest BCUT2D eigenvalue weighted by molar-refractivity contribution is -0.142. The number of pyridine rings is 1. The monoisotopic (exact) mass is 316 g/mol. The average Bonchev–Trinajstić information content (AvgIpc) is 2.94. The predicted molar refractivity (Wildman–Crippen MR) is 68.0 cm³/mol. The lowest BCUT2D eigenvalue weighted by Gasteiger charge is -2.12. The molecule has 0 saturated carbocycles. The first kappa shape index (κ1) is 13.9. The number of alkyl halides is 3. The van der Waals surface area contributed by atoms with Gasteiger partial charge in [0.15, 0.2) is 0 Å². The van der Waals surface area contributed by atoms with E-state index in [1.807, 2.05) is 0 Å². The summed E-state index contributed by atoms with van der Waals surface area (Å²) in [5.74, 6) is -0.333. The Kier molecular flexibility index (Phi) is 3.12. The second kappa shape index (κ2) is 4.73. The van der Waals surface area contributed by atoms with E-state index >= 15 is 0 Å². The highest BCUT2D eigenvalue weighted by atomic mass is 35.5. The van der Waals surface area contributed by atoms with Crippen LogP contribution in [-0.4, -0.2) is 26.8 Å². The maximum atomic E-state index is 12.3. The van der Waals surface area contributed by atoms with E-state index in [4.69, 9.17) is 11.6 Å². The summed E-state index contributed by atoms with van der Waals surface area (Å²) in [7, 11) is 0. The maximum Gasteiger partial charge on any atom is 0.408 e. The van der Waals surface area contributed by atoms with Crippen LogP contribution in [0, 0.1) is 0 Å². The molecule has 9 heteroatoms. The summed E-state index contributed by atoms with van der Waals surface area (Å²) >= 11 is 5.92. The number of nitrogens with zero attached hydrogens (tertiary/aromatic N) is 4. The molecular weight excluding hydrogens is 309 g/mol. The van der Waals surface area contributed by atoms with Crippen LogP contribution in [0.4, 0.5) is 18.9 Å². The van der Waals surface area contributed by atoms with Crippen molar-refractivity contribution in [2.45, 2.75) is 19.3 Å². The topological polar surface area (TPSA) is 51.0 Å². The van der Waals surface area contributed by atoms with E-state index in [0.717, 1.165) is 4.68 Å². The van der Waals surface area contributed by atoms with Gasteiger partial charge < -0.3 is 4.90 Å². The summed E-state index contributed by atoms with van der Waals surface area (Å²) in [6.45, 7) is -1.04. The van der Waals surface area contributed by atoms with Gasteiger partial charge >= 0.3 is 6.18 Å². The molecule has 21 heavy (non-hydrogen) atoms. The Morgan fingerprint density at radius 3 is 2.81 bits per heavy atom. The summed E-state index contributed by atoms with van der Waals surface area (Å²) < 4.78 is 37.7. The highest BCUT2D eigenvalue weighted by Crippen LogP contribution is 2.31. The third kappa shape index (κ3) is 2.58. The lowest BCUT2D eigenvalue weighted by atomic mass is 10.2. The van der Waals surface area contributed by atoms with Gasteiger partial charge in [-0.15, -0.1) is 0 Å². The third-order valence-corrected chi connectivity index (χ3v) is 3.39. The van der Waals surface area contributed by atoms with Crippen LogP contribution in [0.3, 0.4) is 0 Å². The number of fused-ring (bicyclic) bond motifs is 1. The number of rotatable bonds is 2. The molecule has 0 bridgehead atoms. The molecule has 0 N–H and O–H groups in total. The number of halogens is 4. The van der Waals surface area contributed by atoms with E-state index in [9.17, 15) is 18.0 Å². The minimum atomic E-state index is -4.37. The van der Waals surface area contributed by atoms with Crippen molar-refractivity contribution in [2.75, 3.05) is 4.90 Å². The number of aromatic nitrogens is 3. The molecule has 3 rings (SSSR count). The number of hydrogen-bond donors (Lipinski definition) is 0. The van der Waals surface area contributed by atoms with Crippen molar-refractivity contribution in [2.24, 2.45) is 0 Å². The minimum Gasteiger partial charge on any atom is -0.301 e. The Bertz CT molecular complexity index is 713. The molecule has 1 aliphatic rings. The van der Waals surface area contributed by atoms with Crippen LogP contribution in [0.2, 0.25) is 5.15 Å². The molecule has 0 radical (unpaired) electrons. The molecule has 0 aromatic carbocycles. The molecule has 2 aromatic rings. The average molecular weight is 317 g/mol. The molecule has 0 atom stereocenters. The summed E-state index contributed by atoms with van der Waals surface area (Å²) in [6.07, 6.45) is -0.556. The fourth-order valence-corrected chi connectivity index (χ4v) is 2.38. The zero-order valence-corrected chi connectivity index (χ0v) is 11.2. The van der Waals surface area contributed by atoms with Crippen molar-refractivity contribution in [3.05, 3.63) is 40.9 Å². The second-order valence-electron chi connectivity index (χ2n) is 4.53. The first-order valence-electron chi connectivity index (χ1n) is 5.89. The van der Waals surface area contributed by atoms with E-state index in [0.29, 0.717) is 11.1 Å². The van der Waals surface area contributed by atoms with Gasteiger partial charge in [0.1, 0.15) is 11.7 Å². The predicted octanol–water partition coefficient (Wildman–Crippen LogP) is 2.65. The Hall–Kier alpha value is -2.09. The molecule has 0 aliphatic carbocycles. The number of carbonyl (C=O) groups is 1. The minimum absolute atomic E-state index is 0.165. The van der Waals surface area contributed by atoms with Crippen molar-refractivity contribution in [1.82, 2.24) is 14.8 Å². The standard InChI is InChI=1S/C12H8ClF3N4O/c13-10-9-5-20(11(21)8(9)1-2-17-10)7-3-18-19(4-7)6-12(14,15)16/h1-4H,5-6H2. The van der Waals surface area contributed by atoms with E-state index in [-0.39, 0.29) is 23.3 Å². The van der Waals surface area contributed by atoms with Crippen molar-refractivity contribution >= 4 is 23.2 Å². The van der Waals surface area contributed by atoms with Gasteiger partial charge in [0.05, 0.1) is 18.4 Å². The van der Waals surface area contributed by atoms with Gasteiger partial charge in [-0.3, -0.25) is 9.48 Å². The number of carbonyl (C=O) groups excluding carboxylic acids is 1. The first-order chi connectivity index (χ1) is 9.85. The van der Waals surface area contributed by atoms with Crippen molar-refractivity contribution in [1.29, 1.82) is 0 Å². The molecule has 1 amide bonds. The Labute approximate surface area is 121 Å². The van der Waals surface area contributed by atoms with Gasteiger partial charge in [-0.2, -0.15) is 18.3 Å². The third-order valence-electron chi connectivity index (χ3n) is 3.07. The highest BCUT2D eigenvalue weighted by molar-refractivity contribution is 6.31. The molecular formula is C12H8ClF3N4O. The molecule has 1 aliphatic heterocycles. The van der Waals surface area contributed by atoms with E-state index in [1.165, 1.54) is 29.6 Å². The SMILES string of the molecule is O=C1c2ccnc(Cl)c2CN1c1cnn(CC(F)(F)F)c1. The highest BCUT2D eigenvalue weighted by Gasteiger charge is 2.33. The Morgan fingerprint density at radius 1 is 1.38 bits per heavy atom. The van der Waals surface area contributed by atoms with Crippen molar-refractivity contribution < 1.29 is 18.0 Å². The zero-order valence-electron chi connectivity index (χ0n) is 10.4. The Balaban J connectivity index is 1.87. The van der Waals surface area contributed by atoms with Gasteiger partial charge in [0, 0.05) is 23.5 Å². The summed E-state index contributed by atoms with van der Waals surface area (Å²) in [5, 5.41) is 3.83. The molecule has 2 aromatic heterocycles. The molecule has 0 fully saturated rings. The summed E-state index contributed by atoms with van der Waals surface area (Å²) in [4.78, 5) is 17.4. The fourth-order valence-electron chi connectivity index (χ4n) is 2.16.